The van der Waals surface area contributed by atoms with Crippen LogP contribution in [0.4, 0.5) is 0 Å². The summed E-state index contributed by atoms with van der Waals surface area (Å²) in [5.41, 5.74) is 1.96. The fourth-order valence-corrected chi connectivity index (χ4v) is 1.52. The van der Waals surface area contributed by atoms with Gasteiger partial charge in [0.2, 0.25) is 0 Å². The lowest BCUT2D eigenvalue weighted by Crippen LogP contribution is -1.96. The zero-order valence-electron chi connectivity index (χ0n) is 8.83. The van der Waals surface area contributed by atoms with Crippen molar-refractivity contribution >= 4 is 12.3 Å². The van der Waals surface area contributed by atoms with Gasteiger partial charge in [-0.3, -0.25) is 9.78 Å². The number of pyridine rings is 1. The third-order valence-corrected chi connectivity index (χ3v) is 2.37. The van der Waals surface area contributed by atoms with Crippen molar-refractivity contribution in [1.29, 1.82) is 0 Å². The number of benzene rings is 1. The number of carbonyl (C=O) groups excluding carboxylic acids is 1. The molecule has 0 bridgehead atoms. The second-order valence-corrected chi connectivity index (χ2v) is 3.44. The Bertz CT molecular complexity index is 561. The maximum absolute atomic E-state index is 10.8. The zero-order chi connectivity index (χ0) is 12.3. The Hall–Kier alpha value is -2.49. The number of aldehydes is 1. The first kappa shape index (κ1) is 11.0. The second-order valence-electron chi connectivity index (χ2n) is 3.44. The summed E-state index contributed by atoms with van der Waals surface area (Å²) in [6.45, 7) is 0. The minimum atomic E-state index is -0.979. The van der Waals surface area contributed by atoms with Crippen molar-refractivity contribution in [2.24, 2.45) is 0 Å². The number of carboxylic acid groups (broad SMARTS) is 1. The Balaban J connectivity index is 2.46. The summed E-state index contributed by atoms with van der Waals surface area (Å²) >= 11 is 0. The summed E-state index contributed by atoms with van der Waals surface area (Å²) in [6.07, 6.45) is 2.32. The van der Waals surface area contributed by atoms with E-state index in [0.717, 1.165) is 11.8 Å². The van der Waals surface area contributed by atoms with Crippen LogP contribution < -0.4 is 0 Å². The van der Waals surface area contributed by atoms with Gasteiger partial charge in [-0.2, -0.15) is 0 Å². The molecule has 0 aliphatic heterocycles. The molecule has 0 spiro atoms. The van der Waals surface area contributed by atoms with Crippen LogP contribution >= 0.6 is 0 Å². The van der Waals surface area contributed by atoms with Gasteiger partial charge >= 0.3 is 5.97 Å². The molecular formula is C13H9NO3. The minimum Gasteiger partial charge on any atom is -0.478 e. The summed E-state index contributed by atoms with van der Waals surface area (Å²) in [5, 5.41) is 8.78. The van der Waals surface area contributed by atoms with Gasteiger partial charge in [0, 0.05) is 17.3 Å². The maximum atomic E-state index is 10.8. The van der Waals surface area contributed by atoms with E-state index in [1.807, 2.05) is 0 Å². The Labute approximate surface area is 97.6 Å². The van der Waals surface area contributed by atoms with Crippen LogP contribution in [-0.2, 0) is 0 Å². The van der Waals surface area contributed by atoms with E-state index in [1.54, 1.807) is 30.5 Å². The van der Waals surface area contributed by atoms with Crippen LogP contribution in [0.3, 0.4) is 0 Å². The van der Waals surface area contributed by atoms with Gasteiger partial charge in [-0.05, 0) is 24.3 Å². The molecular weight excluding hydrogens is 218 g/mol. The first-order chi connectivity index (χ1) is 8.22. The van der Waals surface area contributed by atoms with Gasteiger partial charge in [-0.1, -0.05) is 12.1 Å². The van der Waals surface area contributed by atoms with Gasteiger partial charge in [-0.25, -0.2) is 4.79 Å². The molecule has 1 aromatic carbocycles. The van der Waals surface area contributed by atoms with E-state index in [9.17, 15) is 9.59 Å². The van der Waals surface area contributed by atoms with Crippen LogP contribution in [-0.4, -0.2) is 22.3 Å². The standard InChI is InChI=1S/C13H9NO3/c15-8-11-2-1-7-14-12(11)9-3-5-10(6-4-9)13(16)17/h1-8H,(H,16,17). The van der Waals surface area contributed by atoms with Crippen molar-refractivity contribution < 1.29 is 14.7 Å². The zero-order valence-corrected chi connectivity index (χ0v) is 8.83. The second kappa shape index (κ2) is 4.57. The number of aromatic nitrogens is 1. The number of nitrogens with zero attached hydrogens (tertiary/aromatic N) is 1. The molecule has 0 atom stereocenters. The predicted octanol–water partition coefficient (Wildman–Crippen LogP) is 2.26. The Kier molecular flexibility index (Phi) is 2.96. The molecule has 84 valence electrons. The number of rotatable bonds is 3. The molecule has 0 saturated heterocycles. The van der Waals surface area contributed by atoms with Gasteiger partial charge in [0.05, 0.1) is 11.3 Å². The smallest absolute Gasteiger partial charge is 0.335 e. The van der Waals surface area contributed by atoms with E-state index in [4.69, 9.17) is 5.11 Å². The number of aromatic carboxylic acids is 1. The topological polar surface area (TPSA) is 67.3 Å². The minimum absolute atomic E-state index is 0.206. The highest BCUT2D eigenvalue weighted by atomic mass is 16.4. The lowest BCUT2D eigenvalue weighted by Gasteiger charge is -2.03. The Morgan fingerprint density at radius 3 is 2.47 bits per heavy atom. The van der Waals surface area contributed by atoms with E-state index in [-0.39, 0.29) is 5.56 Å². The lowest BCUT2D eigenvalue weighted by atomic mass is 10.0. The Morgan fingerprint density at radius 2 is 1.88 bits per heavy atom. The van der Waals surface area contributed by atoms with Crippen molar-refractivity contribution in [3.05, 3.63) is 53.7 Å². The van der Waals surface area contributed by atoms with E-state index < -0.39 is 5.97 Å². The van der Waals surface area contributed by atoms with E-state index in [2.05, 4.69) is 4.98 Å². The molecule has 4 heteroatoms. The van der Waals surface area contributed by atoms with Crippen molar-refractivity contribution in [3.8, 4) is 11.3 Å². The first-order valence-corrected chi connectivity index (χ1v) is 4.96. The monoisotopic (exact) mass is 227 g/mol. The highest BCUT2D eigenvalue weighted by Crippen LogP contribution is 2.20. The van der Waals surface area contributed by atoms with Gasteiger partial charge in [-0.15, -0.1) is 0 Å². The van der Waals surface area contributed by atoms with Crippen molar-refractivity contribution in [1.82, 2.24) is 4.98 Å². The van der Waals surface area contributed by atoms with Gasteiger partial charge < -0.3 is 5.11 Å². The van der Waals surface area contributed by atoms with Crippen LogP contribution in [0.1, 0.15) is 20.7 Å². The molecule has 0 fully saturated rings. The highest BCUT2D eigenvalue weighted by Gasteiger charge is 2.07. The molecule has 0 unspecified atom stereocenters. The number of carboxylic acids is 1. The number of carbonyl (C=O) groups is 2. The molecule has 4 nitrogen and oxygen atoms in total. The van der Waals surface area contributed by atoms with Gasteiger partial charge in [0.1, 0.15) is 0 Å². The highest BCUT2D eigenvalue weighted by molar-refractivity contribution is 5.89. The maximum Gasteiger partial charge on any atom is 0.335 e. The summed E-state index contributed by atoms with van der Waals surface area (Å²) in [7, 11) is 0. The first-order valence-electron chi connectivity index (χ1n) is 4.96. The SMILES string of the molecule is O=Cc1cccnc1-c1ccc(C(=O)O)cc1. The molecule has 0 amide bonds. The summed E-state index contributed by atoms with van der Waals surface area (Å²) in [4.78, 5) is 25.7. The molecule has 0 aliphatic rings. The molecule has 2 aromatic rings. The lowest BCUT2D eigenvalue weighted by molar-refractivity contribution is 0.0696. The van der Waals surface area contributed by atoms with Crippen LogP contribution in [0.5, 0.6) is 0 Å². The van der Waals surface area contributed by atoms with Crippen LogP contribution in [0.2, 0.25) is 0 Å². The third kappa shape index (κ3) is 2.20. The van der Waals surface area contributed by atoms with E-state index in [0.29, 0.717) is 11.3 Å². The number of hydrogen-bond donors (Lipinski definition) is 1. The molecule has 1 heterocycles. The molecule has 2 rings (SSSR count). The normalized spacial score (nSPS) is 9.88. The average molecular weight is 227 g/mol. The average Bonchev–Trinajstić information content (AvgIpc) is 2.39. The van der Waals surface area contributed by atoms with Crippen molar-refractivity contribution in [2.75, 3.05) is 0 Å². The van der Waals surface area contributed by atoms with Crippen LogP contribution in [0.15, 0.2) is 42.6 Å². The van der Waals surface area contributed by atoms with Crippen molar-refractivity contribution in [3.63, 3.8) is 0 Å². The summed E-state index contributed by atoms with van der Waals surface area (Å²) < 4.78 is 0. The molecule has 0 aliphatic carbocycles. The Morgan fingerprint density at radius 1 is 1.18 bits per heavy atom. The fraction of sp³-hybridized carbons (Fsp3) is 0. The fourth-order valence-electron chi connectivity index (χ4n) is 1.52. The van der Waals surface area contributed by atoms with Crippen LogP contribution in [0, 0.1) is 0 Å². The molecule has 17 heavy (non-hydrogen) atoms. The largest absolute Gasteiger partial charge is 0.478 e. The molecule has 0 radical (unpaired) electrons. The third-order valence-electron chi connectivity index (χ3n) is 2.37. The van der Waals surface area contributed by atoms with E-state index >= 15 is 0 Å². The van der Waals surface area contributed by atoms with Crippen molar-refractivity contribution in [2.45, 2.75) is 0 Å². The molecule has 1 aromatic heterocycles. The molecule has 1 N–H and O–H groups in total. The van der Waals surface area contributed by atoms with Gasteiger partial charge in [0.15, 0.2) is 6.29 Å². The summed E-state index contributed by atoms with van der Waals surface area (Å²) in [5.74, 6) is -0.979. The predicted molar refractivity (Wildman–Crippen MR) is 62.0 cm³/mol. The number of hydrogen-bond acceptors (Lipinski definition) is 3. The quantitative estimate of drug-likeness (QED) is 0.816. The van der Waals surface area contributed by atoms with Crippen LogP contribution in [0.25, 0.3) is 11.3 Å². The van der Waals surface area contributed by atoms with Gasteiger partial charge in [0.25, 0.3) is 0 Å². The summed E-state index contributed by atoms with van der Waals surface area (Å²) in [6, 6.07) is 9.60. The molecule has 0 saturated carbocycles. The van der Waals surface area contributed by atoms with E-state index in [1.165, 1.54) is 12.1 Å².